The molecule has 0 unspecified atom stereocenters. The Hall–Kier alpha value is -2.47. The van der Waals surface area contributed by atoms with E-state index in [1.165, 1.54) is 0 Å². The molecule has 0 amide bonds. The smallest absolute Gasteiger partial charge is 0.188 e. The van der Waals surface area contributed by atoms with Gasteiger partial charge in [0.2, 0.25) is 0 Å². The summed E-state index contributed by atoms with van der Waals surface area (Å²) in [5.74, 6) is 1.45. The highest BCUT2D eigenvalue weighted by atomic mass is 32.1. The third kappa shape index (κ3) is 2.71. The number of nitrogens with zero attached hydrogens (tertiary/aromatic N) is 1. The average Bonchev–Trinajstić information content (AvgIpc) is 3.10. The molecule has 0 atom stereocenters. The van der Waals surface area contributed by atoms with Crippen molar-refractivity contribution in [1.29, 1.82) is 0 Å². The highest BCUT2D eigenvalue weighted by Crippen LogP contribution is 2.35. The van der Waals surface area contributed by atoms with E-state index in [-0.39, 0.29) is 0 Å². The van der Waals surface area contributed by atoms with Crippen molar-refractivity contribution < 1.29 is 9.15 Å². The van der Waals surface area contributed by atoms with E-state index < -0.39 is 0 Å². The fraction of sp³-hybridized carbons (Fsp3) is 0.133. The summed E-state index contributed by atoms with van der Waals surface area (Å²) < 4.78 is 10.7. The molecule has 3 aromatic rings. The van der Waals surface area contributed by atoms with Gasteiger partial charge in [0, 0.05) is 16.6 Å². The Morgan fingerprint density at radius 3 is 2.90 bits per heavy atom. The molecular formula is C15H15N3O2S. The monoisotopic (exact) mass is 301 g/mol. The molecule has 21 heavy (non-hydrogen) atoms. The van der Waals surface area contributed by atoms with Gasteiger partial charge < -0.3 is 20.2 Å². The van der Waals surface area contributed by atoms with Gasteiger partial charge in [0.1, 0.15) is 11.4 Å². The van der Waals surface area contributed by atoms with Gasteiger partial charge in [0.05, 0.1) is 19.1 Å². The molecule has 0 saturated carbocycles. The fourth-order valence-electron chi connectivity index (χ4n) is 2.02. The number of benzene rings is 1. The number of aryl methyl sites for hydroxylation is 1. The maximum Gasteiger partial charge on any atom is 0.188 e. The largest absolute Gasteiger partial charge is 0.494 e. The van der Waals surface area contributed by atoms with Gasteiger partial charge in [-0.15, -0.1) is 11.3 Å². The zero-order valence-electron chi connectivity index (χ0n) is 11.7. The number of aromatic nitrogens is 1. The number of rotatable bonds is 4. The van der Waals surface area contributed by atoms with Crippen molar-refractivity contribution in [2.45, 2.75) is 6.92 Å². The third-order valence-electron chi connectivity index (χ3n) is 3.02. The SMILES string of the molecule is COc1cc(N)ccc1Nc1nc(-c2ccco2)c(C)s1. The molecule has 1 aromatic carbocycles. The minimum Gasteiger partial charge on any atom is -0.494 e. The van der Waals surface area contributed by atoms with Crippen LogP contribution in [-0.2, 0) is 0 Å². The number of hydrogen-bond acceptors (Lipinski definition) is 6. The lowest BCUT2D eigenvalue weighted by Crippen LogP contribution is -1.95. The van der Waals surface area contributed by atoms with Gasteiger partial charge in [-0.1, -0.05) is 0 Å². The Morgan fingerprint density at radius 1 is 1.33 bits per heavy atom. The summed E-state index contributed by atoms with van der Waals surface area (Å²) >= 11 is 1.56. The van der Waals surface area contributed by atoms with Crippen LogP contribution in [-0.4, -0.2) is 12.1 Å². The first-order chi connectivity index (χ1) is 10.2. The normalized spacial score (nSPS) is 10.6. The van der Waals surface area contributed by atoms with Crippen LogP contribution >= 0.6 is 11.3 Å². The molecule has 5 nitrogen and oxygen atoms in total. The Balaban J connectivity index is 1.91. The fourth-order valence-corrected chi connectivity index (χ4v) is 2.85. The van der Waals surface area contributed by atoms with Crippen molar-refractivity contribution in [2.75, 3.05) is 18.2 Å². The molecule has 3 rings (SSSR count). The highest BCUT2D eigenvalue weighted by Gasteiger charge is 2.13. The van der Waals surface area contributed by atoms with Crippen LogP contribution in [0.4, 0.5) is 16.5 Å². The van der Waals surface area contributed by atoms with E-state index in [0.29, 0.717) is 11.4 Å². The summed E-state index contributed by atoms with van der Waals surface area (Å²) in [7, 11) is 1.61. The minimum absolute atomic E-state index is 0.656. The summed E-state index contributed by atoms with van der Waals surface area (Å²) in [5.41, 5.74) is 8.09. The lowest BCUT2D eigenvalue weighted by molar-refractivity contribution is 0.417. The lowest BCUT2D eigenvalue weighted by Gasteiger charge is -2.09. The third-order valence-corrected chi connectivity index (χ3v) is 3.90. The second-order valence-electron chi connectivity index (χ2n) is 4.49. The molecule has 0 aliphatic carbocycles. The number of nitrogens with two attached hydrogens (primary N) is 1. The molecule has 2 heterocycles. The standard InChI is InChI=1S/C15H15N3O2S/c1-9-14(12-4-3-7-20-12)18-15(21-9)17-11-6-5-10(16)8-13(11)19-2/h3-8H,16H2,1-2H3,(H,17,18). The number of thiazole rings is 1. The van der Waals surface area contributed by atoms with E-state index in [1.54, 1.807) is 30.8 Å². The number of nitrogen functional groups attached to an aromatic ring is 1. The minimum atomic E-state index is 0.656. The first-order valence-corrected chi connectivity index (χ1v) is 7.21. The number of hydrogen-bond donors (Lipinski definition) is 2. The van der Waals surface area contributed by atoms with Crippen molar-refractivity contribution in [1.82, 2.24) is 4.98 Å². The van der Waals surface area contributed by atoms with Crippen molar-refractivity contribution in [3.05, 3.63) is 41.5 Å². The Labute approximate surface area is 126 Å². The van der Waals surface area contributed by atoms with Crippen LogP contribution in [0.1, 0.15) is 4.88 Å². The van der Waals surface area contributed by atoms with Crippen LogP contribution in [0.5, 0.6) is 5.75 Å². The molecule has 0 bridgehead atoms. The van der Waals surface area contributed by atoms with Crippen LogP contribution in [0.3, 0.4) is 0 Å². The van der Waals surface area contributed by atoms with Gasteiger partial charge in [0.15, 0.2) is 10.9 Å². The van der Waals surface area contributed by atoms with Gasteiger partial charge in [-0.2, -0.15) is 0 Å². The number of anilines is 3. The quantitative estimate of drug-likeness (QED) is 0.711. The lowest BCUT2D eigenvalue weighted by atomic mass is 10.2. The zero-order valence-corrected chi connectivity index (χ0v) is 12.5. The second-order valence-corrected chi connectivity index (χ2v) is 5.69. The zero-order chi connectivity index (χ0) is 14.8. The molecule has 0 fully saturated rings. The number of furan rings is 1. The van der Waals surface area contributed by atoms with Gasteiger partial charge in [-0.05, 0) is 31.2 Å². The number of nitrogens with one attached hydrogen (secondary N) is 1. The van der Waals surface area contributed by atoms with E-state index in [9.17, 15) is 0 Å². The molecule has 2 aromatic heterocycles. The molecule has 3 N–H and O–H groups in total. The Kier molecular flexibility index (Phi) is 3.53. The van der Waals surface area contributed by atoms with Crippen LogP contribution in [0, 0.1) is 6.92 Å². The van der Waals surface area contributed by atoms with Crippen molar-refractivity contribution >= 4 is 27.8 Å². The van der Waals surface area contributed by atoms with E-state index in [4.69, 9.17) is 14.9 Å². The maximum absolute atomic E-state index is 5.76. The number of ether oxygens (including phenoxy) is 1. The van der Waals surface area contributed by atoms with E-state index in [1.807, 2.05) is 31.2 Å². The number of methoxy groups -OCH3 is 1. The van der Waals surface area contributed by atoms with E-state index in [0.717, 1.165) is 27.2 Å². The van der Waals surface area contributed by atoms with E-state index >= 15 is 0 Å². The van der Waals surface area contributed by atoms with Crippen LogP contribution in [0.15, 0.2) is 41.0 Å². The molecule has 0 aliphatic rings. The van der Waals surface area contributed by atoms with Crippen molar-refractivity contribution in [3.8, 4) is 17.2 Å². The van der Waals surface area contributed by atoms with Gasteiger partial charge in [-0.25, -0.2) is 4.98 Å². The molecule has 0 spiro atoms. The van der Waals surface area contributed by atoms with Crippen molar-refractivity contribution in [3.63, 3.8) is 0 Å². The molecule has 0 saturated heterocycles. The Morgan fingerprint density at radius 2 is 2.19 bits per heavy atom. The predicted octanol–water partition coefficient (Wildman–Crippen LogP) is 4.05. The summed E-state index contributed by atoms with van der Waals surface area (Å²) in [5, 5.41) is 4.04. The predicted molar refractivity (Wildman–Crippen MR) is 85.2 cm³/mol. The van der Waals surface area contributed by atoms with Crippen LogP contribution < -0.4 is 15.8 Å². The molecular weight excluding hydrogens is 286 g/mol. The maximum atomic E-state index is 5.76. The van der Waals surface area contributed by atoms with E-state index in [2.05, 4.69) is 10.3 Å². The van der Waals surface area contributed by atoms with Gasteiger partial charge >= 0.3 is 0 Å². The molecule has 108 valence electrons. The average molecular weight is 301 g/mol. The molecule has 6 heteroatoms. The second kappa shape index (κ2) is 5.49. The first kappa shape index (κ1) is 13.5. The first-order valence-electron chi connectivity index (χ1n) is 6.39. The summed E-state index contributed by atoms with van der Waals surface area (Å²) in [6.07, 6.45) is 1.64. The van der Waals surface area contributed by atoms with Crippen LogP contribution in [0.2, 0.25) is 0 Å². The Bertz CT molecular complexity index is 750. The van der Waals surface area contributed by atoms with Crippen molar-refractivity contribution in [2.24, 2.45) is 0 Å². The molecule has 0 aliphatic heterocycles. The summed E-state index contributed by atoms with van der Waals surface area (Å²) in [4.78, 5) is 5.66. The summed E-state index contributed by atoms with van der Waals surface area (Å²) in [6.45, 7) is 2.01. The van der Waals surface area contributed by atoms with Gasteiger partial charge in [-0.3, -0.25) is 0 Å². The van der Waals surface area contributed by atoms with Gasteiger partial charge in [0.25, 0.3) is 0 Å². The summed E-state index contributed by atoms with van der Waals surface area (Å²) in [6, 6.07) is 9.21. The topological polar surface area (TPSA) is 73.3 Å². The molecule has 0 radical (unpaired) electrons. The van der Waals surface area contributed by atoms with Crippen LogP contribution in [0.25, 0.3) is 11.5 Å². The highest BCUT2D eigenvalue weighted by molar-refractivity contribution is 7.16.